The van der Waals surface area contributed by atoms with Crippen LogP contribution in [-0.2, 0) is 4.79 Å². The number of carbonyl (C=O) groups excluding carboxylic acids is 1. The van der Waals surface area contributed by atoms with Crippen molar-refractivity contribution >= 4 is 5.91 Å². The van der Waals surface area contributed by atoms with Gasteiger partial charge < -0.3 is 10.2 Å². The minimum Gasteiger partial charge on any atom is -0.342 e. The molecule has 0 aromatic heterocycles. The fourth-order valence-electron chi connectivity index (χ4n) is 2.43. The first kappa shape index (κ1) is 9.97. The molecule has 0 spiro atoms. The molecule has 3 atom stereocenters. The minimum absolute atomic E-state index is 0.257. The van der Waals surface area contributed by atoms with Crippen LogP contribution in [0.15, 0.2) is 0 Å². The third-order valence-corrected chi connectivity index (χ3v) is 3.71. The molecule has 1 N–H and O–H groups in total. The van der Waals surface area contributed by atoms with Crippen LogP contribution in [0.5, 0.6) is 0 Å². The van der Waals surface area contributed by atoms with Gasteiger partial charge in [0.1, 0.15) is 0 Å². The highest BCUT2D eigenvalue weighted by atomic mass is 16.2. The van der Waals surface area contributed by atoms with Crippen LogP contribution in [0.25, 0.3) is 0 Å². The van der Waals surface area contributed by atoms with Crippen molar-refractivity contribution in [3.05, 3.63) is 0 Å². The van der Waals surface area contributed by atoms with Crippen LogP contribution in [-0.4, -0.2) is 37.0 Å². The van der Waals surface area contributed by atoms with Gasteiger partial charge in [0, 0.05) is 19.6 Å². The van der Waals surface area contributed by atoms with Crippen molar-refractivity contribution in [1.82, 2.24) is 10.2 Å². The van der Waals surface area contributed by atoms with Gasteiger partial charge in [0.25, 0.3) is 0 Å². The van der Waals surface area contributed by atoms with Gasteiger partial charge in [0.05, 0.1) is 5.92 Å². The maximum atomic E-state index is 12.0. The third kappa shape index (κ3) is 1.78. The number of rotatable bonds is 1. The summed E-state index contributed by atoms with van der Waals surface area (Å²) in [6.45, 7) is 8.32. The predicted molar refractivity (Wildman–Crippen MR) is 55.9 cm³/mol. The minimum atomic E-state index is 0.257. The van der Waals surface area contributed by atoms with Gasteiger partial charge in [-0.25, -0.2) is 0 Å². The Hall–Kier alpha value is -0.570. The zero-order valence-electron chi connectivity index (χ0n) is 9.12. The Morgan fingerprint density at radius 3 is 2.43 bits per heavy atom. The Morgan fingerprint density at radius 1 is 1.29 bits per heavy atom. The topological polar surface area (TPSA) is 32.3 Å². The van der Waals surface area contributed by atoms with Crippen LogP contribution in [0.4, 0.5) is 0 Å². The van der Waals surface area contributed by atoms with E-state index in [1.165, 1.54) is 0 Å². The Balaban J connectivity index is 1.92. The molecule has 80 valence electrons. The smallest absolute Gasteiger partial charge is 0.227 e. The molecule has 2 aliphatic rings. The predicted octanol–water partition coefficient (Wildman–Crippen LogP) is 0.710. The van der Waals surface area contributed by atoms with Crippen molar-refractivity contribution < 1.29 is 4.79 Å². The zero-order valence-corrected chi connectivity index (χ0v) is 9.12. The molecule has 3 heteroatoms. The largest absolute Gasteiger partial charge is 0.342 e. The Labute approximate surface area is 85.8 Å². The average Bonchev–Trinajstić information content (AvgIpc) is 2.76. The van der Waals surface area contributed by atoms with E-state index in [0.29, 0.717) is 17.7 Å². The number of nitrogens with one attached hydrogen (secondary N) is 1. The summed E-state index contributed by atoms with van der Waals surface area (Å²) >= 11 is 0. The highest BCUT2D eigenvalue weighted by molar-refractivity contribution is 5.79. The molecular weight excluding hydrogens is 176 g/mol. The van der Waals surface area contributed by atoms with Crippen molar-refractivity contribution in [2.24, 2.45) is 17.8 Å². The van der Waals surface area contributed by atoms with Crippen LogP contribution in [0, 0.1) is 17.8 Å². The van der Waals surface area contributed by atoms with E-state index in [9.17, 15) is 4.79 Å². The van der Waals surface area contributed by atoms with E-state index in [1.54, 1.807) is 0 Å². The summed E-state index contributed by atoms with van der Waals surface area (Å²) in [5, 5.41) is 3.25. The number of amides is 1. The first-order chi connectivity index (χ1) is 6.68. The zero-order chi connectivity index (χ0) is 10.1. The molecule has 2 heterocycles. The first-order valence-electron chi connectivity index (χ1n) is 5.68. The van der Waals surface area contributed by atoms with Crippen LogP contribution >= 0.6 is 0 Å². The van der Waals surface area contributed by atoms with Crippen molar-refractivity contribution in [1.29, 1.82) is 0 Å². The number of carbonyl (C=O) groups is 1. The first-order valence-corrected chi connectivity index (χ1v) is 5.68. The van der Waals surface area contributed by atoms with Crippen molar-refractivity contribution in [3.8, 4) is 0 Å². The van der Waals surface area contributed by atoms with E-state index in [-0.39, 0.29) is 5.92 Å². The van der Waals surface area contributed by atoms with E-state index >= 15 is 0 Å². The molecule has 3 nitrogen and oxygen atoms in total. The molecule has 0 bridgehead atoms. The molecule has 2 aliphatic heterocycles. The monoisotopic (exact) mass is 196 g/mol. The summed E-state index contributed by atoms with van der Waals surface area (Å²) in [5.41, 5.74) is 0. The molecule has 2 rings (SSSR count). The van der Waals surface area contributed by atoms with Crippen LogP contribution in [0.1, 0.15) is 20.3 Å². The summed E-state index contributed by atoms with van der Waals surface area (Å²) in [6.07, 6.45) is 1.03. The Bertz CT molecular complexity index is 213. The normalized spacial score (nSPS) is 37.9. The maximum absolute atomic E-state index is 12.0. The van der Waals surface area contributed by atoms with Gasteiger partial charge in [-0.3, -0.25) is 4.79 Å². The van der Waals surface area contributed by atoms with Gasteiger partial charge in [0.15, 0.2) is 0 Å². The molecule has 0 aliphatic carbocycles. The van der Waals surface area contributed by atoms with Crippen molar-refractivity contribution in [3.63, 3.8) is 0 Å². The molecule has 2 saturated heterocycles. The third-order valence-electron chi connectivity index (χ3n) is 3.71. The number of likely N-dealkylation sites (tertiary alicyclic amines) is 1. The van der Waals surface area contributed by atoms with E-state index < -0.39 is 0 Å². The van der Waals surface area contributed by atoms with Crippen LogP contribution in [0.2, 0.25) is 0 Å². The van der Waals surface area contributed by atoms with E-state index in [2.05, 4.69) is 24.1 Å². The van der Waals surface area contributed by atoms with Gasteiger partial charge in [0.2, 0.25) is 5.91 Å². The highest BCUT2D eigenvalue weighted by Gasteiger charge is 2.33. The lowest BCUT2D eigenvalue weighted by Crippen LogP contribution is -2.35. The second-order valence-electron chi connectivity index (χ2n) is 4.89. The average molecular weight is 196 g/mol. The second kappa shape index (κ2) is 3.89. The standard InChI is InChI=1S/C11H20N2O/c1-8-6-13(7-9(8)2)11(14)10-3-4-12-5-10/h8-10,12H,3-7H2,1-2H3/t8?,9?,10-/m1/s1. The van der Waals surface area contributed by atoms with E-state index in [0.717, 1.165) is 32.6 Å². The second-order valence-corrected chi connectivity index (χ2v) is 4.89. The molecule has 0 radical (unpaired) electrons. The lowest BCUT2D eigenvalue weighted by molar-refractivity contribution is -0.134. The van der Waals surface area contributed by atoms with Gasteiger partial charge in [-0.15, -0.1) is 0 Å². The van der Waals surface area contributed by atoms with E-state index in [1.807, 2.05) is 0 Å². The summed E-state index contributed by atoms with van der Waals surface area (Å²) in [5.74, 6) is 1.99. The molecule has 0 saturated carbocycles. The molecule has 1 amide bonds. The molecule has 14 heavy (non-hydrogen) atoms. The quantitative estimate of drug-likeness (QED) is 0.670. The Kier molecular flexibility index (Phi) is 2.77. The van der Waals surface area contributed by atoms with Crippen LogP contribution < -0.4 is 5.32 Å². The summed E-state index contributed by atoms with van der Waals surface area (Å²) < 4.78 is 0. The molecule has 0 aromatic rings. The van der Waals surface area contributed by atoms with Crippen molar-refractivity contribution in [2.45, 2.75) is 20.3 Å². The molecular formula is C11H20N2O. The maximum Gasteiger partial charge on any atom is 0.227 e. The summed E-state index contributed by atoms with van der Waals surface area (Å²) in [4.78, 5) is 14.1. The van der Waals surface area contributed by atoms with Crippen LogP contribution in [0.3, 0.4) is 0 Å². The lowest BCUT2D eigenvalue weighted by atomic mass is 10.0. The fraction of sp³-hybridized carbons (Fsp3) is 0.909. The molecule has 0 aromatic carbocycles. The lowest BCUT2D eigenvalue weighted by Gasteiger charge is -2.19. The number of hydrogen-bond donors (Lipinski definition) is 1. The number of nitrogens with zero attached hydrogens (tertiary/aromatic N) is 1. The molecule has 2 fully saturated rings. The van der Waals surface area contributed by atoms with Gasteiger partial charge in [-0.05, 0) is 24.8 Å². The Morgan fingerprint density at radius 2 is 1.93 bits per heavy atom. The van der Waals surface area contributed by atoms with Gasteiger partial charge >= 0.3 is 0 Å². The highest BCUT2D eigenvalue weighted by Crippen LogP contribution is 2.24. The summed E-state index contributed by atoms with van der Waals surface area (Å²) in [6, 6.07) is 0. The summed E-state index contributed by atoms with van der Waals surface area (Å²) in [7, 11) is 0. The van der Waals surface area contributed by atoms with Gasteiger partial charge in [-0.1, -0.05) is 13.8 Å². The fourth-order valence-corrected chi connectivity index (χ4v) is 2.43. The number of hydrogen-bond acceptors (Lipinski definition) is 2. The molecule has 2 unspecified atom stereocenters. The van der Waals surface area contributed by atoms with Gasteiger partial charge in [-0.2, -0.15) is 0 Å². The van der Waals surface area contributed by atoms with E-state index in [4.69, 9.17) is 0 Å². The SMILES string of the molecule is CC1CN(C(=O)[C@@H]2CCNC2)CC1C. The van der Waals surface area contributed by atoms with Crippen molar-refractivity contribution in [2.75, 3.05) is 26.2 Å².